The molecule has 19 heavy (non-hydrogen) atoms. The first-order chi connectivity index (χ1) is 9.31. The van der Waals surface area contributed by atoms with Crippen LogP contribution in [0.5, 0.6) is 0 Å². The number of pyridine rings is 1. The van der Waals surface area contributed by atoms with Crippen molar-refractivity contribution < 1.29 is 4.74 Å². The number of halogens is 1. The number of hydrogen-bond acceptors (Lipinski definition) is 4. The number of rotatable bonds is 1. The molecule has 4 rings (SSSR count). The summed E-state index contributed by atoms with van der Waals surface area (Å²) < 4.78 is 7.24. The third-order valence-electron chi connectivity index (χ3n) is 3.21. The van der Waals surface area contributed by atoms with Gasteiger partial charge in [-0.2, -0.15) is 5.10 Å². The van der Waals surface area contributed by atoms with Gasteiger partial charge in [-0.15, -0.1) is 11.3 Å². The van der Waals surface area contributed by atoms with Gasteiger partial charge in [-0.3, -0.25) is 0 Å². The fourth-order valence-electron chi connectivity index (χ4n) is 2.23. The molecule has 1 aliphatic heterocycles. The second kappa shape index (κ2) is 4.30. The van der Waals surface area contributed by atoms with Crippen molar-refractivity contribution in [2.45, 2.75) is 13.0 Å². The molecule has 4 nitrogen and oxygen atoms in total. The lowest BCUT2D eigenvalue weighted by Gasteiger charge is -2.08. The van der Waals surface area contributed by atoms with Gasteiger partial charge >= 0.3 is 0 Å². The topological polar surface area (TPSA) is 39.4 Å². The molecule has 0 unspecified atom stereocenters. The lowest BCUT2D eigenvalue weighted by atomic mass is 10.2. The highest BCUT2D eigenvalue weighted by Crippen LogP contribution is 2.31. The smallest absolute Gasteiger partial charge is 0.125 e. The van der Waals surface area contributed by atoms with Gasteiger partial charge in [0.25, 0.3) is 0 Å². The average molecular weight is 292 g/mol. The highest BCUT2D eigenvalue weighted by molar-refractivity contribution is 7.15. The van der Waals surface area contributed by atoms with Crippen LogP contribution < -0.4 is 0 Å². The van der Waals surface area contributed by atoms with Crippen molar-refractivity contribution in [3.8, 4) is 10.6 Å². The van der Waals surface area contributed by atoms with Gasteiger partial charge in [0.05, 0.1) is 40.5 Å². The van der Waals surface area contributed by atoms with Crippen LogP contribution in [0.2, 0.25) is 5.02 Å². The molecule has 0 saturated carbocycles. The first-order valence-electron chi connectivity index (χ1n) is 6.01. The van der Waals surface area contributed by atoms with Gasteiger partial charge in [-0.05, 0) is 12.1 Å². The third-order valence-corrected chi connectivity index (χ3v) is 4.62. The summed E-state index contributed by atoms with van der Waals surface area (Å²) in [5.41, 5.74) is 3.14. The van der Waals surface area contributed by atoms with E-state index in [4.69, 9.17) is 21.3 Å². The van der Waals surface area contributed by atoms with Crippen LogP contribution in [-0.4, -0.2) is 21.2 Å². The van der Waals surface area contributed by atoms with E-state index in [9.17, 15) is 0 Å². The van der Waals surface area contributed by atoms with E-state index < -0.39 is 0 Å². The molecular weight excluding hydrogens is 282 g/mol. The molecule has 0 atom stereocenters. The number of hydrogen-bond donors (Lipinski definition) is 0. The maximum Gasteiger partial charge on any atom is 0.125 e. The highest BCUT2D eigenvalue weighted by atomic mass is 35.5. The first kappa shape index (κ1) is 11.4. The number of fused-ring (bicyclic) bond motifs is 2. The van der Waals surface area contributed by atoms with E-state index in [0.29, 0.717) is 11.6 Å². The molecule has 0 saturated heterocycles. The minimum absolute atomic E-state index is 0.665. The standard InChI is InChI=1S/C13H10ClN3OS/c14-9-5-15-17-6-8(1-2-11(9)17)13-16-10-3-4-18-7-12(10)19-13/h1-2,5-6H,3-4,7H2. The summed E-state index contributed by atoms with van der Waals surface area (Å²) in [6.07, 6.45) is 4.52. The molecule has 96 valence electrons. The minimum atomic E-state index is 0.665. The van der Waals surface area contributed by atoms with Gasteiger partial charge in [-0.1, -0.05) is 11.6 Å². The van der Waals surface area contributed by atoms with E-state index in [1.807, 2.05) is 18.3 Å². The summed E-state index contributed by atoms with van der Waals surface area (Å²) in [5.74, 6) is 0. The van der Waals surface area contributed by atoms with Gasteiger partial charge in [0.1, 0.15) is 5.01 Å². The summed E-state index contributed by atoms with van der Waals surface area (Å²) >= 11 is 7.73. The maximum atomic E-state index is 6.04. The summed E-state index contributed by atoms with van der Waals surface area (Å²) in [5, 5.41) is 5.91. The Bertz CT molecular complexity index is 741. The monoisotopic (exact) mass is 291 g/mol. The van der Waals surface area contributed by atoms with Gasteiger partial charge in [-0.25, -0.2) is 9.50 Å². The molecule has 0 bridgehead atoms. The Labute approximate surface area is 118 Å². The highest BCUT2D eigenvalue weighted by Gasteiger charge is 2.16. The quantitative estimate of drug-likeness (QED) is 0.691. The average Bonchev–Trinajstić information content (AvgIpc) is 3.02. The minimum Gasteiger partial charge on any atom is -0.375 e. The molecule has 3 aromatic heterocycles. The lowest BCUT2D eigenvalue weighted by Crippen LogP contribution is -2.07. The van der Waals surface area contributed by atoms with Crippen LogP contribution in [0.15, 0.2) is 24.5 Å². The molecule has 4 heterocycles. The van der Waals surface area contributed by atoms with Crippen LogP contribution in [0.1, 0.15) is 10.6 Å². The van der Waals surface area contributed by atoms with Crippen molar-refractivity contribution in [1.82, 2.24) is 14.6 Å². The van der Waals surface area contributed by atoms with Crippen molar-refractivity contribution in [1.29, 1.82) is 0 Å². The van der Waals surface area contributed by atoms with Crippen molar-refractivity contribution in [3.63, 3.8) is 0 Å². The Hall–Kier alpha value is -1.43. The molecule has 0 N–H and O–H groups in total. The van der Waals surface area contributed by atoms with Crippen molar-refractivity contribution in [3.05, 3.63) is 40.1 Å². The number of ether oxygens (including phenoxy) is 1. The van der Waals surface area contributed by atoms with Crippen LogP contribution in [0.3, 0.4) is 0 Å². The molecule has 0 spiro atoms. The number of aromatic nitrogens is 3. The fraction of sp³-hybridized carbons (Fsp3) is 0.231. The lowest BCUT2D eigenvalue weighted by molar-refractivity contribution is 0.112. The number of nitrogens with zero attached hydrogens (tertiary/aromatic N) is 3. The van der Waals surface area contributed by atoms with Crippen LogP contribution in [0, 0.1) is 0 Å². The molecular formula is C13H10ClN3OS. The normalized spacial score (nSPS) is 14.8. The van der Waals surface area contributed by atoms with E-state index in [0.717, 1.165) is 29.1 Å². The van der Waals surface area contributed by atoms with Gasteiger partial charge in [0, 0.05) is 18.2 Å². The molecule has 6 heteroatoms. The predicted molar refractivity (Wildman–Crippen MR) is 74.7 cm³/mol. The summed E-state index contributed by atoms with van der Waals surface area (Å²) in [4.78, 5) is 5.94. The van der Waals surface area contributed by atoms with Crippen LogP contribution in [0.25, 0.3) is 16.1 Å². The summed E-state index contributed by atoms with van der Waals surface area (Å²) in [6.45, 7) is 1.45. The van der Waals surface area contributed by atoms with Crippen molar-refractivity contribution in [2.75, 3.05) is 6.61 Å². The van der Waals surface area contributed by atoms with E-state index >= 15 is 0 Å². The summed E-state index contributed by atoms with van der Waals surface area (Å²) in [6, 6.07) is 4.01. The predicted octanol–water partition coefficient (Wildman–Crippen LogP) is 3.18. The van der Waals surface area contributed by atoms with Gasteiger partial charge in [0.15, 0.2) is 0 Å². The van der Waals surface area contributed by atoms with Crippen LogP contribution in [-0.2, 0) is 17.8 Å². The first-order valence-corrected chi connectivity index (χ1v) is 7.20. The van der Waals surface area contributed by atoms with Crippen LogP contribution in [0.4, 0.5) is 0 Å². The Morgan fingerprint density at radius 1 is 1.37 bits per heavy atom. The molecule has 0 fully saturated rings. The SMILES string of the molecule is Clc1cnn2cc(-c3nc4c(s3)COCC4)ccc12. The summed E-state index contributed by atoms with van der Waals surface area (Å²) in [7, 11) is 0. The third kappa shape index (κ3) is 1.85. The van der Waals surface area contributed by atoms with E-state index in [1.165, 1.54) is 10.6 Å². The Kier molecular flexibility index (Phi) is 2.58. The Morgan fingerprint density at radius 2 is 2.32 bits per heavy atom. The zero-order valence-corrected chi connectivity index (χ0v) is 11.5. The molecule has 0 aliphatic carbocycles. The largest absolute Gasteiger partial charge is 0.375 e. The Morgan fingerprint density at radius 3 is 3.21 bits per heavy atom. The molecule has 1 aliphatic rings. The second-order valence-corrected chi connectivity index (χ2v) is 5.92. The van der Waals surface area contributed by atoms with Crippen molar-refractivity contribution >= 4 is 28.5 Å². The zero-order valence-electron chi connectivity index (χ0n) is 9.97. The van der Waals surface area contributed by atoms with Gasteiger partial charge < -0.3 is 4.74 Å². The second-order valence-electron chi connectivity index (χ2n) is 4.43. The molecule has 0 radical (unpaired) electrons. The molecule has 3 aromatic rings. The fourth-order valence-corrected chi connectivity index (χ4v) is 3.46. The number of thiazole rings is 1. The van der Waals surface area contributed by atoms with Crippen LogP contribution >= 0.6 is 22.9 Å². The molecule has 0 aromatic carbocycles. The van der Waals surface area contributed by atoms with Crippen molar-refractivity contribution in [2.24, 2.45) is 0 Å². The molecule has 0 amide bonds. The Balaban J connectivity index is 1.82. The maximum absolute atomic E-state index is 6.04. The van der Waals surface area contributed by atoms with E-state index in [2.05, 4.69) is 5.10 Å². The van der Waals surface area contributed by atoms with E-state index in [-0.39, 0.29) is 0 Å². The zero-order chi connectivity index (χ0) is 12.8. The van der Waals surface area contributed by atoms with Gasteiger partial charge in [0.2, 0.25) is 0 Å². The van der Waals surface area contributed by atoms with E-state index in [1.54, 1.807) is 22.0 Å².